The van der Waals surface area contributed by atoms with Gasteiger partial charge < -0.3 is 29.7 Å². The van der Waals surface area contributed by atoms with Crippen LogP contribution in [-0.4, -0.2) is 57.9 Å². The van der Waals surface area contributed by atoms with Crippen LogP contribution < -0.4 is 30.3 Å². The van der Waals surface area contributed by atoms with Gasteiger partial charge in [-0.1, -0.05) is 18.2 Å². The number of benzene rings is 3. The third kappa shape index (κ3) is 8.68. The molecule has 1 saturated heterocycles. The Morgan fingerprint density at radius 3 is 2.37 bits per heavy atom. The molecule has 0 spiro atoms. The summed E-state index contributed by atoms with van der Waals surface area (Å²) in [7, 11) is 2.81. The van der Waals surface area contributed by atoms with Gasteiger partial charge in [0.25, 0.3) is 0 Å². The van der Waals surface area contributed by atoms with Crippen LogP contribution in [0.1, 0.15) is 42.1 Å². The first kappa shape index (κ1) is 31.3. The fourth-order valence-corrected chi connectivity index (χ4v) is 4.81. The Morgan fingerprint density at radius 2 is 1.65 bits per heavy atom. The summed E-state index contributed by atoms with van der Waals surface area (Å²) >= 11 is 0. The molecule has 0 bridgehead atoms. The average Bonchev–Trinajstić information content (AvgIpc) is 3.02. The lowest BCUT2D eigenvalue weighted by atomic mass is 10.1. The third-order valence-electron chi connectivity index (χ3n) is 7.00. The first-order valence-corrected chi connectivity index (χ1v) is 14.2. The van der Waals surface area contributed by atoms with Gasteiger partial charge in [-0.25, -0.2) is 14.0 Å². The molecule has 0 aliphatic carbocycles. The van der Waals surface area contributed by atoms with E-state index in [9.17, 15) is 18.8 Å². The molecule has 0 saturated carbocycles. The van der Waals surface area contributed by atoms with Crippen molar-refractivity contribution >= 4 is 34.8 Å². The highest BCUT2D eigenvalue weighted by Crippen LogP contribution is 2.33. The summed E-state index contributed by atoms with van der Waals surface area (Å²) in [6.45, 7) is 3.62. The SMILES string of the molecule is COC(=O)c1ccc(OC(C)NCC(=O)Cc2ccc(NC(=O)Nc3ccccc3F)c(OC)c2)c(N2CCCCC2)c1. The van der Waals surface area contributed by atoms with Crippen molar-refractivity contribution in [1.82, 2.24) is 5.32 Å². The van der Waals surface area contributed by atoms with E-state index in [4.69, 9.17) is 14.2 Å². The number of carbonyl (C=O) groups excluding carboxylic acids is 3. The topological polar surface area (TPSA) is 118 Å². The monoisotopic (exact) mass is 592 g/mol. The molecule has 228 valence electrons. The highest BCUT2D eigenvalue weighted by Gasteiger charge is 2.20. The van der Waals surface area contributed by atoms with Crippen molar-refractivity contribution in [2.75, 3.05) is 49.4 Å². The molecule has 0 aromatic heterocycles. The Morgan fingerprint density at radius 1 is 0.907 bits per heavy atom. The summed E-state index contributed by atoms with van der Waals surface area (Å²) in [5.41, 5.74) is 2.39. The van der Waals surface area contributed by atoms with Crippen LogP contribution in [0.25, 0.3) is 0 Å². The van der Waals surface area contributed by atoms with Gasteiger partial charge in [-0.15, -0.1) is 0 Å². The van der Waals surface area contributed by atoms with E-state index in [1.54, 1.807) is 42.5 Å². The standard InChI is InChI=1S/C32H37FN4O6/c1-21(43-29-14-12-23(31(39)42-3)19-28(29)37-15-7-4-8-16-37)34-20-24(38)17-22-11-13-27(30(18-22)41-2)36-32(40)35-26-10-6-5-9-25(26)33/h5-6,9-14,18-19,21,34H,4,7-8,15-17,20H2,1-3H3,(H2,35,36,40). The zero-order chi connectivity index (χ0) is 30.8. The number of hydrogen-bond donors (Lipinski definition) is 3. The maximum absolute atomic E-state index is 13.8. The Balaban J connectivity index is 1.32. The quantitative estimate of drug-likeness (QED) is 0.190. The zero-order valence-electron chi connectivity index (χ0n) is 24.6. The molecule has 4 rings (SSSR count). The minimum absolute atomic E-state index is 0.0489. The molecule has 1 fully saturated rings. The first-order chi connectivity index (χ1) is 20.8. The van der Waals surface area contributed by atoms with Gasteiger partial charge in [-0.3, -0.25) is 10.1 Å². The predicted molar refractivity (Wildman–Crippen MR) is 163 cm³/mol. The van der Waals surface area contributed by atoms with Crippen molar-refractivity contribution in [3.63, 3.8) is 0 Å². The maximum Gasteiger partial charge on any atom is 0.337 e. The molecule has 1 heterocycles. The molecule has 3 aromatic carbocycles. The van der Waals surface area contributed by atoms with Crippen LogP contribution in [0.15, 0.2) is 60.7 Å². The molecule has 1 aliphatic rings. The van der Waals surface area contributed by atoms with E-state index in [-0.39, 0.29) is 24.4 Å². The van der Waals surface area contributed by atoms with Gasteiger partial charge in [-0.05, 0) is 74.2 Å². The number of hydrogen-bond acceptors (Lipinski definition) is 8. The van der Waals surface area contributed by atoms with Crippen LogP contribution in [0.3, 0.4) is 0 Å². The Labute approximate surface area is 250 Å². The number of ketones is 1. The summed E-state index contributed by atoms with van der Waals surface area (Å²) in [6.07, 6.45) is 2.94. The summed E-state index contributed by atoms with van der Waals surface area (Å²) in [4.78, 5) is 39.5. The van der Waals surface area contributed by atoms with Crippen molar-refractivity contribution in [2.45, 2.75) is 38.8 Å². The van der Waals surface area contributed by atoms with E-state index < -0.39 is 24.0 Å². The Kier molecular flexibility index (Phi) is 10.9. The maximum atomic E-state index is 13.8. The van der Waals surface area contributed by atoms with Crippen molar-refractivity contribution in [3.05, 3.63) is 77.6 Å². The van der Waals surface area contributed by atoms with Gasteiger partial charge in [0.15, 0.2) is 5.78 Å². The van der Waals surface area contributed by atoms with Gasteiger partial charge in [0.2, 0.25) is 0 Å². The summed E-state index contributed by atoms with van der Waals surface area (Å²) in [5, 5.41) is 8.21. The lowest BCUT2D eigenvalue weighted by Gasteiger charge is -2.31. The smallest absolute Gasteiger partial charge is 0.337 e. The number of piperidine rings is 1. The second-order valence-corrected chi connectivity index (χ2v) is 10.2. The van der Waals surface area contributed by atoms with Crippen LogP contribution in [0.2, 0.25) is 0 Å². The number of anilines is 3. The van der Waals surface area contributed by atoms with Crippen LogP contribution in [0.4, 0.5) is 26.2 Å². The molecule has 43 heavy (non-hydrogen) atoms. The van der Waals surface area contributed by atoms with Gasteiger partial charge in [-0.2, -0.15) is 0 Å². The number of methoxy groups -OCH3 is 2. The summed E-state index contributed by atoms with van der Waals surface area (Å²) < 4.78 is 30.3. The number of esters is 1. The van der Waals surface area contributed by atoms with Gasteiger partial charge in [0, 0.05) is 19.5 Å². The van der Waals surface area contributed by atoms with Crippen LogP contribution >= 0.6 is 0 Å². The number of amides is 2. The van der Waals surface area contributed by atoms with E-state index >= 15 is 0 Å². The van der Waals surface area contributed by atoms with Crippen molar-refractivity contribution in [3.8, 4) is 11.5 Å². The number of para-hydroxylation sites is 1. The number of rotatable bonds is 12. The van der Waals surface area contributed by atoms with E-state index in [2.05, 4.69) is 20.9 Å². The van der Waals surface area contributed by atoms with Crippen molar-refractivity contribution < 1.29 is 33.0 Å². The van der Waals surface area contributed by atoms with Crippen LogP contribution in [0.5, 0.6) is 11.5 Å². The number of urea groups is 1. The Bertz CT molecular complexity index is 1440. The number of Topliss-reactive ketones (excluding diaryl/α,β-unsaturated/α-hetero) is 1. The first-order valence-electron chi connectivity index (χ1n) is 14.2. The highest BCUT2D eigenvalue weighted by atomic mass is 19.1. The minimum Gasteiger partial charge on any atom is -0.495 e. The molecule has 0 radical (unpaired) electrons. The fraction of sp³-hybridized carbons (Fsp3) is 0.344. The molecule has 11 heteroatoms. The molecule has 3 N–H and O–H groups in total. The van der Waals surface area contributed by atoms with Crippen molar-refractivity contribution in [2.24, 2.45) is 0 Å². The molecule has 1 unspecified atom stereocenters. The molecule has 1 aliphatic heterocycles. The van der Waals surface area contributed by atoms with Gasteiger partial charge in [0.05, 0.1) is 43.4 Å². The van der Waals surface area contributed by atoms with E-state index in [0.717, 1.165) is 31.6 Å². The van der Waals surface area contributed by atoms with Crippen LogP contribution in [-0.2, 0) is 16.0 Å². The van der Waals surface area contributed by atoms with E-state index in [1.165, 1.54) is 38.8 Å². The second kappa shape index (κ2) is 15.0. The lowest BCUT2D eigenvalue weighted by molar-refractivity contribution is -0.118. The number of nitrogens with zero attached hydrogens (tertiary/aromatic N) is 1. The minimum atomic E-state index is -0.631. The second-order valence-electron chi connectivity index (χ2n) is 10.2. The summed E-state index contributed by atoms with van der Waals surface area (Å²) in [5.74, 6) is -0.0560. The number of halogens is 1. The molecule has 10 nitrogen and oxygen atoms in total. The molecular weight excluding hydrogens is 555 g/mol. The normalized spacial score (nSPS) is 13.5. The van der Waals surface area contributed by atoms with Crippen LogP contribution in [0, 0.1) is 5.82 Å². The summed E-state index contributed by atoms with van der Waals surface area (Å²) in [6, 6.07) is 15.5. The third-order valence-corrected chi connectivity index (χ3v) is 7.00. The number of ether oxygens (including phenoxy) is 3. The largest absolute Gasteiger partial charge is 0.495 e. The molecule has 1 atom stereocenters. The number of carbonyl (C=O) groups is 3. The average molecular weight is 593 g/mol. The van der Waals surface area contributed by atoms with E-state index in [0.29, 0.717) is 28.3 Å². The predicted octanol–water partition coefficient (Wildman–Crippen LogP) is 5.38. The van der Waals surface area contributed by atoms with Gasteiger partial charge in [0.1, 0.15) is 23.5 Å². The molecule has 3 aromatic rings. The van der Waals surface area contributed by atoms with Crippen molar-refractivity contribution in [1.29, 1.82) is 0 Å². The van der Waals surface area contributed by atoms with Gasteiger partial charge >= 0.3 is 12.0 Å². The molecule has 2 amide bonds. The fourth-order valence-electron chi connectivity index (χ4n) is 4.81. The molecular formula is C32H37FN4O6. The highest BCUT2D eigenvalue weighted by molar-refractivity contribution is 6.00. The number of nitrogens with one attached hydrogen (secondary N) is 3. The lowest BCUT2D eigenvalue weighted by Crippen LogP contribution is -2.37. The Hall–Kier alpha value is -4.64. The zero-order valence-corrected chi connectivity index (χ0v) is 24.6. The van der Waals surface area contributed by atoms with E-state index in [1.807, 2.05) is 6.92 Å².